The number of benzene rings is 2. The van der Waals surface area contributed by atoms with Crippen molar-refractivity contribution in [3.8, 4) is 16.9 Å². The van der Waals surface area contributed by atoms with E-state index in [1.807, 2.05) is 56.3 Å². The Morgan fingerprint density at radius 3 is 2.61 bits per heavy atom. The van der Waals surface area contributed by atoms with Crippen molar-refractivity contribution in [1.29, 1.82) is 0 Å². The molecule has 7 heteroatoms. The summed E-state index contributed by atoms with van der Waals surface area (Å²) in [5.74, 6) is 1.33. The van der Waals surface area contributed by atoms with E-state index in [0.717, 1.165) is 42.1 Å². The van der Waals surface area contributed by atoms with Crippen LogP contribution in [-0.4, -0.2) is 54.7 Å². The highest BCUT2D eigenvalue weighted by atomic mass is 16.5. The summed E-state index contributed by atoms with van der Waals surface area (Å²) in [6.07, 6.45) is 2.40. The number of amides is 3. The molecule has 4 aliphatic heterocycles. The Morgan fingerprint density at radius 2 is 1.88 bits per heavy atom. The molecule has 2 aromatic carbocycles. The molecule has 3 fully saturated rings. The second kappa shape index (κ2) is 9.06. The molecule has 0 aromatic heterocycles. The number of ether oxygens (including phenoxy) is 1. The number of fused-ring (bicyclic) bond motifs is 4. The molecule has 33 heavy (non-hydrogen) atoms. The van der Waals surface area contributed by atoms with E-state index in [1.54, 1.807) is 0 Å². The first-order valence-corrected chi connectivity index (χ1v) is 12.0. The molecule has 3 N–H and O–H groups in total. The summed E-state index contributed by atoms with van der Waals surface area (Å²) in [5, 5.41) is 8.98. The van der Waals surface area contributed by atoms with Crippen LogP contribution >= 0.6 is 0 Å². The Hall–Kier alpha value is -3.06. The third-order valence-electron chi connectivity index (χ3n) is 6.89. The summed E-state index contributed by atoms with van der Waals surface area (Å²) in [6.45, 7) is 7.09. The van der Waals surface area contributed by atoms with Crippen molar-refractivity contribution in [2.24, 2.45) is 5.92 Å². The van der Waals surface area contributed by atoms with Gasteiger partial charge < -0.3 is 25.6 Å². The van der Waals surface area contributed by atoms with E-state index in [1.165, 1.54) is 12.8 Å². The SMILES string of the molecule is CC(C)NC(=O)Nc1cccc(-c2cccc3c2OC(C(=O)N[C@H]2CN4CCC2CC4)C3)c1. The molecule has 4 heterocycles. The maximum absolute atomic E-state index is 13.1. The largest absolute Gasteiger partial charge is 0.479 e. The van der Waals surface area contributed by atoms with Gasteiger partial charge in [0.2, 0.25) is 0 Å². The van der Waals surface area contributed by atoms with E-state index >= 15 is 0 Å². The number of urea groups is 1. The average Bonchev–Trinajstić information content (AvgIpc) is 3.24. The fraction of sp³-hybridized carbons (Fsp3) is 0.462. The maximum atomic E-state index is 13.1. The minimum atomic E-state index is -0.505. The predicted octanol–water partition coefficient (Wildman–Crippen LogP) is 3.40. The van der Waals surface area contributed by atoms with Crippen LogP contribution in [0.4, 0.5) is 10.5 Å². The van der Waals surface area contributed by atoms with Gasteiger partial charge in [-0.1, -0.05) is 30.3 Å². The Bertz CT molecular complexity index is 1050. The fourth-order valence-electron chi connectivity index (χ4n) is 5.24. The van der Waals surface area contributed by atoms with Gasteiger partial charge in [-0.25, -0.2) is 4.79 Å². The molecule has 0 spiro atoms. The van der Waals surface area contributed by atoms with Gasteiger partial charge in [0.05, 0.1) is 0 Å². The van der Waals surface area contributed by atoms with E-state index < -0.39 is 6.10 Å². The average molecular weight is 449 g/mol. The molecule has 7 nitrogen and oxygen atoms in total. The number of nitrogens with zero attached hydrogens (tertiary/aromatic N) is 1. The van der Waals surface area contributed by atoms with Gasteiger partial charge in [0.15, 0.2) is 6.10 Å². The summed E-state index contributed by atoms with van der Waals surface area (Å²) in [6, 6.07) is 13.8. The van der Waals surface area contributed by atoms with Crippen LogP contribution < -0.4 is 20.7 Å². The van der Waals surface area contributed by atoms with Crippen LogP contribution in [0.1, 0.15) is 32.3 Å². The molecule has 0 saturated carbocycles. The zero-order valence-electron chi connectivity index (χ0n) is 19.3. The van der Waals surface area contributed by atoms with Crippen molar-refractivity contribution in [2.75, 3.05) is 25.0 Å². The minimum absolute atomic E-state index is 0.0170. The van der Waals surface area contributed by atoms with Gasteiger partial charge in [0.25, 0.3) is 5.91 Å². The number of para-hydroxylation sites is 1. The molecule has 6 rings (SSSR count). The van der Waals surface area contributed by atoms with E-state index in [2.05, 4.69) is 20.9 Å². The number of hydrogen-bond acceptors (Lipinski definition) is 4. The summed E-state index contributed by atoms with van der Waals surface area (Å²) in [4.78, 5) is 27.6. The van der Waals surface area contributed by atoms with Gasteiger partial charge in [-0.15, -0.1) is 0 Å². The van der Waals surface area contributed by atoms with Gasteiger partial charge in [0.1, 0.15) is 5.75 Å². The molecule has 1 unspecified atom stereocenters. The van der Waals surface area contributed by atoms with Crippen LogP contribution in [0.3, 0.4) is 0 Å². The van der Waals surface area contributed by atoms with Gasteiger partial charge in [-0.2, -0.15) is 0 Å². The van der Waals surface area contributed by atoms with E-state index in [4.69, 9.17) is 4.74 Å². The molecule has 174 valence electrons. The van der Waals surface area contributed by atoms with Crippen molar-refractivity contribution < 1.29 is 14.3 Å². The Morgan fingerprint density at radius 1 is 1.09 bits per heavy atom. The van der Waals surface area contributed by atoms with Gasteiger partial charge in [-0.3, -0.25) is 4.79 Å². The van der Waals surface area contributed by atoms with E-state index in [9.17, 15) is 9.59 Å². The Balaban J connectivity index is 1.29. The first-order valence-electron chi connectivity index (χ1n) is 12.0. The number of carbonyl (C=O) groups is 2. The third kappa shape index (κ3) is 4.69. The molecule has 0 radical (unpaired) electrons. The monoisotopic (exact) mass is 448 g/mol. The Kier molecular flexibility index (Phi) is 5.98. The summed E-state index contributed by atoms with van der Waals surface area (Å²) in [5.41, 5.74) is 3.61. The third-order valence-corrected chi connectivity index (χ3v) is 6.89. The molecule has 3 saturated heterocycles. The lowest BCUT2D eigenvalue weighted by atomic mass is 9.84. The molecule has 2 bridgehead atoms. The summed E-state index contributed by atoms with van der Waals surface area (Å²) >= 11 is 0. The van der Waals surface area contributed by atoms with E-state index in [0.29, 0.717) is 18.0 Å². The molecule has 2 atom stereocenters. The van der Waals surface area contributed by atoms with Crippen molar-refractivity contribution >= 4 is 17.6 Å². The van der Waals surface area contributed by atoms with Crippen LogP contribution in [0, 0.1) is 5.92 Å². The highest BCUT2D eigenvalue weighted by Crippen LogP contribution is 2.39. The Labute approximate surface area is 194 Å². The summed E-state index contributed by atoms with van der Waals surface area (Å²) < 4.78 is 6.22. The van der Waals surface area contributed by atoms with Crippen LogP contribution in [0.2, 0.25) is 0 Å². The number of hydrogen-bond donors (Lipinski definition) is 3. The first kappa shape index (κ1) is 21.8. The van der Waals surface area contributed by atoms with Crippen molar-refractivity contribution in [3.05, 3.63) is 48.0 Å². The van der Waals surface area contributed by atoms with Crippen molar-refractivity contribution in [2.45, 2.75) is 51.3 Å². The molecule has 2 aromatic rings. The molecule has 3 amide bonds. The first-order chi connectivity index (χ1) is 16.0. The predicted molar refractivity (Wildman–Crippen MR) is 128 cm³/mol. The molecular weight excluding hydrogens is 416 g/mol. The molecule has 0 aliphatic carbocycles. The number of rotatable bonds is 5. The lowest BCUT2D eigenvalue weighted by molar-refractivity contribution is -0.129. The number of anilines is 1. The quantitative estimate of drug-likeness (QED) is 0.655. The highest BCUT2D eigenvalue weighted by Gasteiger charge is 2.38. The minimum Gasteiger partial charge on any atom is -0.479 e. The van der Waals surface area contributed by atoms with Crippen LogP contribution in [0.15, 0.2) is 42.5 Å². The lowest BCUT2D eigenvalue weighted by Gasteiger charge is -2.45. The standard InChI is InChI=1S/C26H32N4O3/c1-16(2)27-26(32)28-20-7-3-5-18(13-20)21-8-4-6-19-14-23(33-24(19)21)25(31)29-22-15-30-11-9-17(22)10-12-30/h3-8,13,16-17,22-23H,9-12,14-15H2,1-2H3,(H,29,31)(H2,27,28,32)/t22-,23?/m0/s1. The topological polar surface area (TPSA) is 82.7 Å². The lowest BCUT2D eigenvalue weighted by Crippen LogP contribution is -2.58. The number of nitrogens with one attached hydrogen (secondary N) is 3. The maximum Gasteiger partial charge on any atom is 0.319 e. The second-order valence-electron chi connectivity index (χ2n) is 9.69. The van der Waals surface area contributed by atoms with Crippen molar-refractivity contribution in [1.82, 2.24) is 15.5 Å². The highest BCUT2D eigenvalue weighted by molar-refractivity contribution is 5.91. The smallest absolute Gasteiger partial charge is 0.319 e. The number of piperidine rings is 3. The van der Waals surface area contributed by atoms with Gasteiger partial charge in [-0.05, 0) is 69.0 Å². The van der Waals surface area contributed by atoms with Crippen LogP contribution in [0.5, 0.6) is 5.75 Å². The van der Waals surface area contributed by atoms with Gasteiger partial charge in [0, 0.05) is 36.3 Å². The summed E-state index contributed by atoms with van der Waals surface area (Å²) in [7, 11) is 0. The molecular formula is C26H32N4O3. The van der Waals surface area contributed by atoms with Crippen molar-refractivity contribution in [3.63, 3.8) is 0 Å². The fourth-order valence-corrected chi connectivity index (χ4v) is 5.24. The van der Waals surface area contributed by atoms with Crippen LogP contribution in [-0.2, 0) is 11.2 Å². The number of carbonyl (C=O) groups excluding carboxylic acids is 2. The normalized spacial score (nSPS) is 25.3. The van der Waals surface area contributed by atoms with E-state index in [-0.39, 0.29) is 24.0 Å². The van der Waals surface area contributed by atoms with Crippen LogP contribution in [0.25, 0.3) is 11.1 Å². The van der Waals surface area contributed by atoms with Gasteiger partial charge >= 0.3 is 6.03 Å². The zero-order valence-corrected chi connectivity index (χ0v) is 19.3. The molecule has 4 aliphatic rings. The second-order valence-corrected chi connectivity index (χ2v) is 9.69. The zero-order chi connectivity index (χ0) is 22.9.